The van der Waals surface area contributed by atoms with E-state index in [2.05, 4.69) is 0 Å². The first-order valence-electron chi connectivity index (χ1n) is 5.11. The molecule has 0 heterocycles. The van der Waals surface area contributed by atoms with Crippen LogP contribution in [0.2, 0.25) is 0 Å². The Kier molecular flexibility index (Phi) is 3.26. The van der Waals surface area contributed by atoms with Crippen molar-refractivity contribution in [1.29, 1.82) is 0 Å². The van der Waals surface area contributed by atoms with E-state index in [-0.39, 0.29) is 11.1 Å². The second-order valence-electron chi connectivity index (χ2n) is 3.82. The van der Waals surface area contributed by atoms with E-state index < -0.39 is 29.2 Å². The lowest BCUT2D eigenvalue weighted by Gasteiger charge is -2.10. The van der Waals surface area contributed by atoms with Gasteiger partial charge < -0.3 is 0 Å². The summed E-state index contributed by atoms with van der Waals surface area (Å²) < 4.78 is 76.5. The van der Waals surface area contributed by atoms with Crippen LogP contribution in [0.3, 0.4) is 0 Å². The molecule has 100 valence electrons. The van der Waals surface area contributed by atoms with Crippen molar-refractivity contribution in [3.05, 3.63) is 59.4 Å². The molecule has 0 N–H and O–H groups in total. The van der Waals surface area contributed by atoms with Crippen LogP contribution in [0.4, 0.5) is 26.3 Å². The molecule has 2 aromatic rings. The zero-order chi connectivity index (χ0) is 14.2. The highest BCUT2D eigenvalue weighted by molar-refractivity contribution is 5.64. The van der Waals surface area contributed by atoms with Gasteiger partial charge in [0.15, 0.2) is 0 Å². The van der Waals surface area contributed by atoms with Gasteiger partial charge in [-0.05, 0) is 29.8 Å². The van der Waals surface area contributed by atoms with Gasteiger partial charge in [-0.1, -0.05) is 6.07 Å². The molecule has 0 saturated carbocycles. The molecule has 0 saturated heterocycles. The molecule has 0 spiro atoms. The van der Waals surface area contributed by atoms with Crippen LogP contribution in [0.25, 0.3) is 11.1 Å². The molecule has 6 heteroatoms. The molecule has 0 atom stereocenters. The van der Waals surface area contributed by atoms with Crippen molar-refractivity contribution < 1.29 is 26.3 Å². The predicted molar refractivity (Wildman–Crippen MR) is 56.8 cm³/mol. The Morgan fingerprint density at radius 1 is 0.737 bits per heavy atom. The van der Waals surface area contributed by atoms with Crippen LogP contribution >= 0.6 is 0 Å². The van der Waals surface area contributed by atoms with Crippen LogP contribution in [0.1, 0.15) is 5.56 Å². The molecule has 0 aliphatic carbocycles. The maximum Gasteiger partial charge on any atom is 0.419 e. The fraction of sp³-hybridized carbons (Fsp3) is 0.0769. The van der Waals surface area contributed by atoms with Gasteiger partial charge in [0, 0.05) is 11.6 Å². The van der Waals surface area contributed by atoms with E-state index in [0.29, 0.717) is 18.2 Å². The molecular formula is C13H6F6. The standard InChI is InChI=1S/C13H6F6/c14-8-2-3-9(11(15)6-8)7-1-4-10(12(16)5-7)13(17,18)19/h1-6H. The normalized spacial score (nSPS) is 11.7. The Morgan fingerprint density at radius 3 is 1.95 bits per heavy atom. The first kappa shape index (κ1) is 13.5. The largest absolute Gasteiger partial charge is 0.419 e. The minimum absolute atomic E-state index is 0.0944. The van der Waals surface area contributed by atoms with Gasteiger partial charge in [0.2, 0.25) is 0 Å². The number of hydrogen-bond donors (Lipinski definition) is 0. The average Bonchev–Trinajstić information content (AvgIpc) is 2.26. The summed E-state index contributed by atoms with van der Waals surface area (Å²) in [6, 6.07) is 4.57. The number of benzene rings is 2. The van der Waals surface area contributed by atoms with Crippen molar-refractivity contribution in [2.75, 3.05) is 0 Å². The van der Waals surface area contributed by atoms with Gasteiger partial charge in [0.1, 0.15) is 17.5 Å². The van der Waals surface area contributed by atoms with Gasteiger partial charge in [0.25, 0.3) is 0 Å². The summed E-state index contributed by atoms with van der Waals surface area (Å²) in [5.74, 6) is -3.30. The summed E-state index contributed by atoms with van der Waals surface area (Å²) in [4.78, 5) is 0. The van der Waals surface area contributed by atoms with Gasteiger partial charge in [0.05, 0.1) is 5.56 Å². The van der Waals surface area contributed by atoms with Gasteiger partial charge >= 0.3 is 6.18 Å². The van der Waals surface area contributed by atoms with Crippen LogP contribution < -0.4 is 0 Å². The summed E-state index contributed by atoms with van der Waals surface area (Å²) in [6.07, 6.45) is -4.82. The molecule has 0 aromatic heterocycles. The number of rotatable bonds is 1. The number of alkyl halides is 3. The van der Waals surface area contributed by atoms with Gasteiger partial charge in [-0.3, -0.25) is 0 Å². The van der Waals surface area contributed by atoms with Crippen molar-refractivity contribution in [3.8, 4) is 11.1 Å². The van der Waals surface area contributed by atoms with Crippen LogP contribution in [-0.2, 0) is 6.18 Å². The molecule has 19 heavy (non-hydrogen) atoms. The highest BCUT2D eigenvalue weighted by Crippen LogP contribution is 2.34. The van der Waals surface area contributed by atoms with Crippen LogP contribution in [0.5, 0.6) is 0 Å². The molecule has 0 nitrogen and oxygen atoms in total. The van der Waals surface area contributed by atoms with E-state index in [9.17, 15) is 26.3 Å². The Hall–Kier alpha value is -1.98. The Labute approximate surface area is 104 Å². The van der Waals surface area contributed by atoms with Crippen molar-refractivity contribution in [3.63, 3.8) is 0 Å². The quantitative estimate of drug-likeness (QED) is 0.657. The summed E-state index contributed by atoms with van der Waals surface area (Å²) in [5, 5.41) is 0. The zero-order valence-electron chi connectivity index (χ0n) is 9.23. The van der Waals surface area contributed by atoms with Gasteiger partial charge in [-0.15, -0.1) is 0 Å². The molecule has 2 aromatic carbocycles. The summed E-state index contributed by atoms with van der Waals surface area (Å²) in [7, 11) is 0. The maximum atomic E-state index is 13.4. The maximum absolute atomic E-state index is 13.4. The third-order valence-corrected chi connectivity index (χ3v) is 2.52. The lowest BCUT2D eigenvalue weighted by Crippen LogP contribution is -2.07. The van der Waals surface area contributed by atoms with Crippen LogP contribution in [0, 0.1) is 17.5 Å². The molecule has 0 fully saturated rings. The zero-order valence-corrected chi connectivity index (χ0v) is 9.23. The smallest absolute Gasteiger partial charge is 0.207 e. The first-order valence-corrected chi connectivity index (χ1v) is 5.11. The van der Waals surface area contributed by atoms with Gasteiger partial charge in [-0.2, -0.15) is 13.2 Å². The molecule has 0 aliphatic heterocycles. The molecule has 2 rings (SSSR count). The second kappa shape index (κ2) is 4.60. The predicted octanol–water partition coefficient (Wildman–Crippen LogP) is 4.79. The topological polar surface area (TPSA) is 0 Å². The lowest BCUT2D eigenvalue weighted by atomic mass is 10.0. The minimum Gasteiger partial charge on any atom is -0.207 e. The van der Waals surface area contributed by atoms with Crippen LogP contribution in [-0.4, -0.2) is 0 Å². The summed E-state index contributed by atoms with van der Waals surface area (Å²) in [6.45, 7) is 0. The van der Waals surface area contributed by atoms with Crippen molar-refractivity contribution in [1.82, 2.24) is 0 Å². The van der Waals surface area contributed by atoms with Crippen LogP contribution in [0.15, 0.2) is 36.4 Å². The summed E-state index contributed by atoms with van der Waals surface area (Å²) >= 11 is 0. The van der Waals surface area contributed by atoms with Crippen molar-refractivity contribution >= 4 is 0 Å². The van der Waals surface area contributed by atoms with E-state index in [4.69, 9.17) is 0 Å². The molecule has 0 radical (unpaired) electrons. The monoisotopic (exact) mass is 276 g/mol. The Bertz CT molecular complexity index is 615. The number of hydrogen-bond acceptors (Lipinski definition) is 0. The first-order chi connectivity index (χ1) is 8.79. The summed E-state index contributed by atoms with van der Waals surface area (Å²) in [5.41, 5.74) is -1.70. The van der Waals surface area contributed by atoms with E-state index in [0.717, 1.165) is 18.2 Å². The lowest BCUT2D eigenvalue weighted by molar-refractivity contribution is -0.139. The van der Waals surface area contributed by atoms with E-state index >= 15 is 0 Å². The van der Waals surface area contributed by atoms with E-state index in [1.807, 2.05) is 0 Å². The van der Waals surface area contributed by atoms with E-state index in [1.54, 1.807) is 0 Å². The third kappa shape index (κ3) is 2.72. The highest BCUT2D eigenvalue weighted by atomic mass is 19.4. The Balaban J connectivity index is 2.51. The SMILES string of the molecule is Fc1ccc(-c2ccc(C(F)(F)F)c(F)c2)c(F)c1. The molecular weight excluding hydrogens is 270 g/mol. The average molecular weight is 276 g/mol. The fourth-order valence-electron chi connectivity index (χ4n) is 1.64. The Morgan fingerprint density at radius 2 is 1.42 bits per heavy atom. The van der Waals surface area contributed by atoms with Gasteiger partial charge in [-0.25, -0.2) is 13.2 Å². The second-order valence-corrected chi connectivity index (χ2v) is 3.82. The minimum atomic E-state index is -4.82. The highest BCUT2D eigenvalue weighted by Gasteiger charge is 2.34. The van der Waals surface area contributed by atoms with Crippen molar-refractivity contribution in [2.45, 2.75) is 6.18 Å². The van der Waals surface area contributed by atoms with E-state index in [1.165, 1.54) is 0 Å². The molecule has 0 amide bonds. The number of halogens is 6. The molecule has 0 aliphatic rings. The molecule has 0 bridgehead atoms. The molecule has 0 unspecified atom stereocenters. The van der Waals surface area contributed by atoms with Crippen molar-refractivity contribution in [2.24, 2.45) is 0 Å². The third-order valence-electron chi connectivity index (χ3n) is 2.52. The fourth-order valence-corrected chi connectivity index (χ4v) is 1.64.